The van der Waals surface area contributed by atoms with E-state index in [4.69, 9.17) is 44.9 Å². The number of aryl methyl sites for hydroxylation is 1. The molecule has 4 rings (SSSR count). The third-order valence-corrected chi connectivity index (χ3v) is 7.32. The van der Waals surface area contributed by atoms with Crippen molar-refractivity contribution in [2.24, 2.45) is 0 Å². The zero-order valence-electron chi connectivity index (χ0n) is 19.9. The summed E-state index contributed by atoms with van der Waals surface area (Å²) in [6.07, 6.45) is 1.76. The first-order valence-corrected chi connectivity index (χ1v) is 13.2. The minimum absolute atomic E-state index is 0.179. The fourth-order valence-corrected chi connectivity index (χ4v) is 5.14. The molecular weight excluding hydrogens is 551 g/mol. The van der Waals surface area contributed by atoms with Gasteiger partial charge in [-0.05, 0) is 67.4 Å². The predicted molar refractivity (Wildman–Crippen MR) is 155 cm³/mol. The van der Waals surface area contributed by atoms with Gasteiger partial charge in [0.1, 0.15) is 0 Å². The molecular formula is C27H22Cl2N2O4S2. The van der Waals surface area contributed by atoms with E-state index in [2.05, 4.69) is 5.32 Å². The zero-order valence-corrected chi connectivity index (χ0v) is 23.1. The van der Waals surface area contributed by atoms with E-state index in [9.17, 15) is 9.59 Å². The topological polar surface area (TPSA) is 67.9 Å². The van der Waals surface area contributed by atoms with Crippen LogP contribution >= 0.6 is 47.2 Å². The van der Waals surface area contributed by atoms with Crippen molar-refractivity contribution in [3.63, 3.8) is 0 Å². The number of hydrogen-bond donors (Lipinski definition) is 1. The van der Waals surface area contributed by atoms with Gasteiger partial charge in [-0.1, -0.05) is 71.4 Å². The number of carbonyl (C=O) groups excluding carboxylic acids is 2. The number of carbonyl (C=O) groups is 2. The van der Waals surface area contributed by atoms with Crippen molar-refractivity contribution >= 4 is 80.8 Å². The van der Waals surface area contributed by atoms with E-state index in [-0.39, 0.29) is 18.4 Å². The molecule has 0 bridgehead atoms. The fraction of sp³-hybridized carbons (Fsp3) is 0.148. The van der Waals surface area contributed by atoms with Gasteiger partial charge in [-0.15, -0.1) is 0 Å². The van der Waals surface area contributed by atoms with Crippen molar-refractivity contribution in [2.45, 2.75) is 13.8 Å². The molecule has 1 aliphatic heterocycles. The van der Waals surface area contributed by atoms with E-state index < -0.39 is 0 Å². The number of thiocarbonyl (C=S) groups is 1. The predicted octanol–water partition coefficient (Wildman–Crippen LogP) is 7.12. The number of nitrogens with one attached hydrogen (secondary N) is 1. The molecule has 1 saturated heterocycles. The number of hydrogen-bond acceptors (Lipinski definition) is 6. The second kappa shape index (κ2) is 12.0. The highest BCUT2D eigenvalue weighted by Crippen LogP contribution is 2.38. The lowest BCUT2D eigenvalue weighted by atomic mass is 10.1. The van der Waals surface area contributed by atoms with Crippen molar-refractivity contribution in [3.8, 4) is 11.5 Å². The van der Waals surface area contributed by atoms with Gasteiger partial charge in [0.15, 0.2) is 22.4 Å². The third-order valence-electron chi connectivity index (χ3n) is 5.28. The first-order chi connectivity index (χ1) is 17.8. The maximum Gasteiger partial charge on any atom is 0.270 e. The number of amides is 2. The van der Waals surface area contributed by atoms with Gasteiger partial charge in [-0.2, -0.15) is 0 Å². The van der Waals surface area contributed by atoms with Crippen LogP contribution in [0.25, 0.3) is 6.08 Å². The Morgan fingerprint density at radius 1 is 1.05 bits per heavy atom. The quantitative estimate of drug-likeness (QED) is 0.229. The van der Waals surface area contributed by atoms with Crippen LogP contribution in [-0.4, -0.2) is 29.3 Å². The van der Waals surface area contributed by atoms with Gasteiger partial charge in [-0.3, -0.25) is 14.5 Å². The van der Waals surface area contributed by atoms with E-state index in [1.807, 2.05) is 38.1 Å². The maximum atomic E-state index is 13.2. The molecule has 1 N–H and O–H groups in total. The van der Waals surface area contributed by atoms with Gasteiger partial charge >= 0.3 is 0 Å². The number of ether oxygens (including phenoxy) is 2. The molecule has 3 aromatic rings. The number of para-hydroxylation sites is 1. The summed E-state index contributed by atoms with van der Waals surface area (Å²) in [5.74, 6) is 0.301. The summed E-state index contributed by atoms with van der Waals surface area (Å²) in [4.78, 5) is 27.6. The second-order valence-corrected chi connectivity index (χ2v) is 10.4. The zero-order chi connectivity index (χ0) is 26.5. The van der Waals surface area contributed by atoms with E-state index in [1.165, 1.54) is 11.8 Å². The summed E-state index contributed by atoms with van der Waals surface area (Å²) < 4.78 is 11.9. The maximum absolute atomic E-state index is 13.2. The first kappa shape index (κ1) is 27.0. The Balaban J connectivity index is 1.48. The van der Waals surface area contributed by atoms with Crippen LogP contribution in [0.3, 0.4) is 0 Å². The van der Waals surface area contributed by atoms with Crippen molar-refractivity contribution < 1.29 is 19.1 Å². The lowest BCUT2D eigenvalue weighted by molar-refractivity contribution is -0.118. The Bertz CT molecular complexity index is 1410. The molecule has 0 saturated carbocycles. The Labute approximate surface area is 234 Å². The molecule has 0 radical (unpaired) electrons. The number of benzene rings is 3. The molecule has 1 fully saturated rings. The summed E-state index contributed by atoms with van der Waals surface area (Å²) in [5, 5.41) is 3.44. The summed E-state index contributed by atoms with van der Waals surface area (Å²) in [7, 11) is 0. The Morgan fingerprint density at radius 3 is 2.57 bits per heavy atom. The van der Waals surface area contributed by atoms with Gasteiger partial charge in [0.05, 0.1) is 27.2 Å². The van der Waals surface area contributed by atoms with Gasteiger partial charge in [0.2, 0.25) is 0 Å². The summed E-state index contributed by atoms with van der Waals surface area (Å²) in [5.41, 5.74) is 2.97. The van der Waals surface area contributed by atoms with Crippen LogP contribution in [0.4, 0.5) is 11.4 Å². The SMILES string of the molecule is CCOc1cc(/C=C2\SC(=S)N(c3ccccc3C)C2=O)ccc1OCC(=O)Nc1ccc(Cl)c(Cl)c1. The highest BCUT2D eigenvalue weighted by molar-refractivity contribution is 8.27. The van der Waals surface area contributed by atoms with E-state index in [1.54, 1.807) is 47.4 Å². The number of halogens is 2. The van der Waals surface area contributed by atoms with Gasteiger partial charge in [-0.25, -0.2) is 0 Å². The minimum atomic E-state index is -0.371. The number of anilines is 2. The van der Waals surface area contributed by atoms with Gasteiger partial charge < -0.3 is 14.8 Å². The van der Waals surface area contributed by atoms with Crippen molar-refractivity contribution in [1.82, 2.24) is 0 Å². The second-order valence-electron chi connectivity index (χ2n) is 7.91. The standard InChI is InChI=1S/C27H22Cl2N2O4S2/c1-3-34-23-12-17(13-24-26(33)31(27(36)37-24)21-7-5-4-6-16(21)2)8-11-22(23)35-15-25(32)30-18-9-10-19(28)20(29)14-18/h4-14H,3,15H2,1-2H3,(H,30,32)/b24-13-. The van der Waals surface area contributed by atoms with E-state index in [0.717, 1.165) is 16.8 Å². The average Bonchev–Trinajstić information content (AvgIpc) is 3.14. The summed E-state index contributed by atoms with van der Waals surface area (Å²) in [6, 6.07) is 17.7. The molecule has 37 heavy (non-hydrogen) atoms. The average molecular weight is 574 g/mol. The normalized spacial score (nSPS) is 14.3. The molecule has 0 unspecified atom stereocenters. The number of nitrogens with zero attached hydrogens (tertiary/aromatic N) is 1. The number of thioether (sulfide) groups is 1. The molecule has 6 nitrogen and oxygen atoms in total. The summed E-state index contributed by atoms with van der Waals surface area (Å²) >= 11 is 18.6. The largest absolute Gasteiger partial charge is 0.490 e. The molecule has 0 aromatic heterocycles. The Hall–Kier alpha value is -3.04. The van der Waals surface area contributed by atoms with Crippen LogP contribution in [0.5, 0.6) is 11.5 Å². The smallest absolute Gasteiger partial charge is 0.270 e. The molecule has 0 spiro atoms. The molecule has 0 atom stereocenters. The lowest BCUT2D eigenvalue weighted by Crippen LogP contribution is -2.28. The molecule has 2 amide bonds. The fourth-order valence-electron chi connectivity index (χ4n) is 3.56. The monoisotopic (exact) mass is 572 g/mol. The van der Waals surface area contributed by atoms with Crippen LogP contribution in [0.15, 0.2) is 65.6 Å². The minimum Gasteiger partial charge on any atom is -0.490 e. The molecule has 0 aliphatic carbocycles. The molecule has 10 heteroatoms. The molecule has 3 aromatic carbocycles. The first-order valence-electron chi connectivity index (χ1n) is 11.2. The summed E-state index contributed by atoms with van der Waals surface area (Å²) in [6.45, 7) is 3.94. The van der Waals surface area contributed by atoms with Crippen molar-refractivity contribution in [1.29, 1.82) is 0 Å². The molecule has 190 valence electrons. The van der Waals surface area contributed by atoms with Crippen LogP contribution < -0.4 is 19.7 Å². The van der Waals surface area contributed by atoms with Crippen LogP contribution in [0.2, 0.25) is 10.0 Å². The number of rotatable bonds is 8. The molecule has 1 heterocycles. The van der Waals surface area contributed by atoms with Crippen molar-refractivity contribution in [3.05, 3.63) is 86.7 Å². The lowest BCUT2D eigenvalue weighted by Gasteiger charge is -2.16. The van der Waals surface area contributed by atoms with E-state index >= 15 is 0 Å². The Kier molecular flexibility index (Phi) is 8.76. The third kappa shape index (κ3) is 6.45. The van der Waals surface area contributed by atoms with Gasteiger partial charge in [0, 0.05) is 5.69 Å². The van der Waals surface area contributed by atoms with E-state index in [0.29, 0.717) is 43.1 Å². The highest BCUT2D eigenvalue weighted by atomic mass is 35.5. The Morgan fingerprint density at radius 2 is 1.84 bits per heavy atom. The molecule has 1 aliphatic rings. The van der Waals surface area contributed by atoms with Crippen LogP contribution in [-0.2, 0) is 9.59 Å². The van der Waals surface area contributed by atoms with Crippen LogP contribution in [0, 0.1) is 6.92 Å². The van der Waals surface area contributed by atoms with Gasteiger partial charge in [0.25, 0.3) is 11.8 Å². The van der Waals surface area contributed by atoms with Crippen LogP contribution in [0.1, 0.15) is 18.1 Å². The highest BCUT2D eigenvalue weighted by Gasteiger charge is 2.34. The van der Waals surface area contributed by atoms with Crippen molar-refractivity contribution in [2.75, 3.05) is 23.4 Å².